The molecule has 1 atom stereocenters. The highest BCUT2D eigenvalue weighted by Gasteiger charge is 2.19. The van der Waals surface area contributed by atoms with Gasteiger partial charge < -0.3 is 14.2 Å². The quantitative estimate of drug-likeness (QED) is 0.0261. The molecule has 0 amide bonds. The third kappa shape index (κ3) is 66.8. The van der Waals surface area contributed by atoms with Crippen molar-refractivity contribution in [2.75, 3.05) is 13.2 Å². The van der Waals surface area contributed by atoms with E-state index in [1.807, 2.05) is 0 Å². The summed E-state index contributed by atoms with van der Waals surface area (Å²) in [5.74, 6) is -0.910. The van der Waals surface area contributed by atoms with Crippen LogP contribution >= 0.6 is 0 Å². The predicted octanol–water partition coefficient (Wildman–Crippen LogP) is 23.8. The molecule has 0 aromatic carbocycles. The van der Waals surface area contributed by atoms with Crippen molar-refractivity contribution in [3.63, 3.8) is 0 Å². The van der Waals surface area contributed by atoms with Gasteiger partial charge in [0.1, 0.15) is 13.2 Å². The topological polar surface area (TPSA) is 78.9 Å². The SMILES string of the molecule is CC/C=C\C/C=C\C/C=C\C/C=C\C/C=C\C/C=C\C/C=C\C/C=C\C/C=C\CCCCCC(=O)OCC(COC(=O)CCCCCCCCCCC)OC(=O)CCCCCCCCCCCCCCCCCCCCCCCCC. The van der Waals surface area contributed by atoms with Gasteiger partial charge >= 0.3 is 17.9 Å². The third-order valence-corrected chi connectivity index (χ3v) is 14.8. The van der Waals surface area contributed by atoms with E-state index in [2.05, 4.69) is 130 Å². The number of ether oxygens (including phenoxy) is 3. The van der Waals surface area contributed by atoms with Crippen molar-refractivity contribution >= 4 is 17.9 Å². The van der Waals surface area contributed by atoms with Gasteiger partial charge in [0.25, 0.3) is 0 Å². The summed E-state index contributed by atoms with van der Waals surface area (Å²) < 4.78 is 16.9. The highest BCUT2D eigenvalue weighted by Crippen LogP contribution is 2.17. The lowest BCUT2D eigenvalue weighted by molar-refractivity contribution is -0.167. The van der Waals surface area contributed by atoms with Crippen LogP contribution in [0.15, 0.2) is 109 Å². The largest absolute Gasteiger partial charge is 0.462 e. The smallest absolute Gasteiger partial charge is 0.306 e. The van der Waals surface area contributed by atoms with Crippen LogP contribution in [0.4, 0.5) is 0 Å². The van der Waals surface area contributed by atoms with Gasteiger partial charge in [0, 0.05) is 19.3 Å². The highest BCUT2D eigenvalue weighted by molar-refractivity contribution is 5.71. The second-order valence-electron chi connectivity index (χ2n) is 22.7. The second-order valence-corrected chi connectivity index (χ2v) is 22.7. The van der Waals surface area contributed by atoms with E-state index in [1.54, 1.807) is 0 Å². The van der Waals surface area contributed by atoms with E-state index in [0.717, 1.165) is 122 Å². The molecule has 81 heavy (non-hydrogen) atoms. The standard InChI is InChI=1S/C75H128O6/c1-4-7-10-13-16-19-21-23-25-27-29-31-33-34-35-36-37-38-39-40-42-43-45-47-49-51-53-56-59-62-65-68-74(77)80-71-72(70-79-73(76)67-64-61-58-55-18-15-12-9-6-3)81-75(78)69-66-63-60-57-54-52-50-48-46-44-41-32-30-28-26-24-22-20-17-14-11-8-5-2/h7,10,16,19,23,25,29,31,34-35,37-38,40,42,45,47,51,53,72H,4-6,8-9,11-15,17-18,20-22,24,26-28,30,32-33,36,39,41,43-44,46,48-50,52,54-71H2,1-3H3/b10-7-,19-16-,25-23-,31-29-,35-34-,38-37-,42-40-,47-45-,53-51-. The van der Waals surface area contributed by atoms with Crippen LogP contribution in [0.2, 0.25) is 0 Å². The molecule has 464 valence electrons. The molecule has 0 aliphatic rings. The van der Waals surface area contributed by atoms with E-state index in [1.165, 1.54) is 167 Å². The maximum Gasteiger partial charge on any atom is 0.306 e. The van der Waals surface area contributed by atoms with Crippen molar-refractivity contribution in [1.82, 2.24) is 0 Å². The molecule has 0 saturated carbocycles. The van der Waals surface area contributed by atoms with Crippen LogP contribution in [0.25, 0.3) is 0 Å². The van der Waals surface area contributed by atoms with Gasteiger partial charge in [-0.2, -0.15) is 0 Å². The molecule has 1 unspecified atom stereocenters. The molecule has 0 aromatic rings. The number of rotatable bonds is 62. The van der Waals surface area contributed by atoms with E-state index in [-0.39, 0.29) is 31.1 Å². The van der Waals surface area contributed by atoms with Crippen molar-refractivity contribution in [2.24, 2.45) is 0 Å². The Morgan fingerprint density at radius 3 is 0.753 bits per heavy atom. The zero-order chi connectivity index (χ0) is 58.5. The Kier molecular flexibility index (Phi) is 65.2. The van der Waals surface area contributed by atoms with Gasteiger partial charge in [0.05, 0.1) is 0 Å². The summed E-state index contributed by atoms with van der Waals surface area (Å²) in [5, 5.41) is 0. The van der Waals surface area contributed by atoms with Crippen LogP contribution in [0.5, 0.6) is 0 Å². The van der Waals surface area contributed by atoms with E-state index < -0.39 is 6.10 Å². The van der Waals surface area contributed by atoms with Gasteiger partial charge in [-0.3, -0.25) is 14.4 Å². The van der Waals surface area contributed by atoms with Gasteiger partial charge in [-0.15, -0.1) is 0 Å². The first-order valence-electron chi connectivity index (χ1n) is 34.4. The maximum absolute atomic E-state index is 12.9. The number of hydrogen-bond donors (Lipinski definition) is 0. The minimum absolute atomic E-state index is 0.0853. The monoisotopic (exact) mass is 1120 g/mol. The van der Waals surface area contributed by atoms with Crippen LogP contribution in [-0.2, 0) is 28.6 Å². The predicted molar refractivity (Wildman–Crippen MR) is 353 cm³/mol. The number of unbranched alkanes of at least 4 members (excludes halogenated alkanes) is 33. The zero-order valence-electron chi connectivity index (χ0n) is 53.3. The first-order valence-corrected chi connectivity index (χ1v) is 34.4. The first-order chi connectivity index (χ1) is 40.0. The Morgan fingerprint density at radius 2 is 0.481 bits per heavy atom. The van der Waals surface area contributed by atoms with E-state index in [4.69, 9.17) is 14.2 Å². The zero-order valence-corrected chi connectivity index (χ0v) is 53.3. The Hall–Kier alpha value is -3.93. The van der Waals surface area contributed by atoms with Gasteiger partial charge in [0.15, 0.2) is 6.10 Å². The lowest BCUT2D eigenvalue weighted by Crippen LogP contribution is -2.30. The summed E-state index contributed by atoms with van der Waals surface area (Å²) in [6.07, 6.45) is 94.1. The summed E-state index contributed by atoms with van der Waals surface area (Å²) in [7, 11) is 0. The first kappa shape index (κ1) is 77.1. The van der Waals surface area contributed by atoms with Crippen LogP contribution in [0, 0.1) is 0 Å². The number of hydrogen-bond acceptors (Lipinski definition) is 6. The lowest BCUT2D eigenvalue weighted by atomic mass is 10.0. The van der Waals surface area contributed by atoms with Gasteiger partial charge in [-0.05, 0) is 89.9 Å². The second kappa shape index (κ2) is 68.6. The van der Waals surface area contributed by atoms with Crippen LogP contribution < -0.4 is 0 Å². The maximum atomic E-state index is 12.9. The van der Waals surface area contributed by atoms with Gasteiger partial charge in [-0.1, -0.05) is 329 Å². The molecule has 0 fully saturated rings. The summed E-state index contributed by atoms with van der Waals surface area (Å²) in [6.45, 7) is 6.51. The number of carbonyl (C=O) groups excluding carboxylic acids is 3. The fourth-order valence-corrected chi connectivity index (χ4v) is 9.67. The normalized spacial score (nSPS) is 12.8. The molecule has 6 nitrogen and oxygen atoms in total. The van der Waals surface area contributed by atoms with Gasteiger partial charge in [-0.25, -0.2) is 0 Å². The molecule has 0 spiro atoms. The van der Waals surface area contributed by atoms with Crippen molar-refractivity contribution in [2.45, 2.75) is 335 Å². The molecule has 0 radical (unpaired) electrons. The average Bonchev–Trinajstić information content (AvgIpc) is 3.47. The van der Waals surface area contributed by atoms with Crippen molar-refractivity contribution in [3.05, 3.63) is 109 Å². The van der Waals surface area contributed by atoms with E-state index in [9.17, 15) is 14.4 Å². The molecular weight excluding hydrogens is 997 g/mol. The molecule has 6 heteroatoms. The van der Waals surface area contributed by atoms with Crippen molar-refractivity contribution in [3.8, 4) is 0 Å². The molecule has 0 bridgehead atoms. The van der Waals surface area contributed by atoms with E-state index in [0.29, 0.717) is 19.3 Å². The minimum Gasteiger partial charge on any atom is -0.462 e. The molecule has 0 aromatic heterocycles. The Bertz CT molecular complexity index is 1620. The molecular formula is C75H128O6. The summed E-state index contributed by atoms with van der Waals surface area (Å²) >= 11 is 0. The Balaban J connectivity index is 4.26. The Labute approximate surface area is 501 Å². The van der Waals surface area contributed by atoms with Crippen molar-refractivity contribution < 1.29 is 28.6 Å². The number of carbonyl (C=O) groups is 3. The lowest BCUT2D eigenvalue weighted by Gasteiger charge is -2.18. The van der Waals surface area contributed by atoms with Crippen LogP contribution in [0.1, 0.15) is 329 Å². The highest BCUT2D eigenvalue weighted by atomic mass is 16.6. The molecule has 0 aliphatic heterocycles. The van der Waals surface area contributed by atoms with Crippen LogP contribution in [-0.4, -0.2) is 37.2 Å². The molecule has 0 N–H and O–H groups in total. The molecule has 0 heterocycles. The molecule has 0 aliphatic carbocycles. The van der Waals surface area contributed by atoms with E-state index >= 15 is 0 Å². The molecule has 0 saturated heterocycles. The van der Waals surface area contributed by atoms with Gasteiger partial charge in [0.2, 0.25) is 0 Å². The summed E-state index contributed by atoms with van der Waals surface area (Å²) in [4.78, 5) is 38.2. The fraction of sp³-hybridized carbons (Fsp3) is 0.720. The third-order valence-electron chi connectivity index (χ3n) is 14.8. The molecule has 0 rings (SSSR count). The Morgan fingerprint density at radius 1 is 0.259 bits per heavy atom. The average molecular weight is 1130 g/mol. The van der Waals surface area contributed by atoms with Crippen LogP contribution in [0.3, 0.4) is 0 Å². The number of allylic oxidation sites excluding steroid dienone is 18. The minimum atomic E-state index is -0.790. The summed E-state index contributed by atoms with van der Waals surface area (Å²) in [5.41, 5.74) is 0. The summed E-state index contributed by atoms with van der Waals surface area (Å²) in [6, 6.07) is 0. The number of esters is 3. The van der Waals surface area contributed by atoms with Crippen molar-refractivity contribution in [1.29, 1.82) is 0 Å². The fourth-order valence-electron chi connectivity index (χ4n) is 9.67.